The minimum absolute atomic E-state index is 0.606. The summed E-state index contributed by atoms with van der Waals surface area (Å²) in [6, 6.07) is 8.46. The minimum atomic E-state index is 0.606. The Bertz CT molecular complexity index is 388. The molecule has 14 heavy (non-hydrogen) atoms. The zero-order chi connectivity index (χ0) is 9.97. The van der Waals surface area contributed by atoms with Crippen molar-refractivity contribution in [3.05, 3.63) is 47.5 Å². The molecule has 1 unspecified atom stereocenters. The van der Waals surface area contributed by atoms with Crippen LogP contribution in [0.15, 0.2) is 36.4 Å². The Hall–Kier alpha value is -0.820. The number of fused-ring (bicyclic) bond motifs is 1. The van der Waals surface area contributed by atoms with Crippen LogP contribution in [0.2, 0.25) is 0 Å². The zero-order valence-corrected chi connectivity index (χ0v) is 9.79. The van der Waals surface area contributed by atoms with Crippen LogP contribution in [0, 0.1) is 5.92 Å². The van der Waals surface area contributed by atoms with Gasteiger partial charge in [0.25, 0.3) is 0 Å². The van der Waals surface area contributed by atoms with E-state index in [1.807, 2.05) is 0 Å². The predicted molar refractivity (Wildman–Crippen MR) is 66.2 cm³/mol. The Morgan fingerprint density at radius 3 is 2.93 bits per heavy atom. The van der Waals surface area contributed by atoms with Gasteiger partial charge in [0.15, 0.2) is 0 Å². The summed E-state index contributed by atoms with van der Waals surface area (Å²) in [5, 5.41) is 0. The fraction of sp³-hybridized carbons (Fsp3) is 0.231. The van der Waals surface area contributed by atoms with Gasteiger partial charge in [-0.05, 0) is 23.5 Å². The molecule has 0 nitrogen and oxygen atoms in total. The molecule has 1 aromatic carbocycles. The Labute approximate surface area is 93.5 Å². The van der Waals surface area contributed by atoms with E-state index in [2.05, 4.69) is 65.3 Å². The van der Waals surface area contributed by atoms with Gasteiger partial charge >= 0.3 is 0 Å². The summed E-state index contributed by atoms with van der Waals surface area (Å²) in [6.07, 6.45) is 7.85. The van der Waals surface area contributed by atoms with Gasteiger partial charge in [-0.3, -0.25) is 0 Å². The maximum absolute atomic E-state index is 3.64. The van der Waals surface area contributed by atoms with E-state index in [9.17, 15) is 0 Å². The molecular weight excluding hydrogens is 236 g/mol. The van der Waals surface area contributed by atoms with Crippen molar-refractivity contribution in [2.24, 2.45) is 5.92 Å². The van der Waals surface area contributed by atoms with Crippen LogP contribution in [0.25, 0.3) is 10.6 Å². The van der Waals surface area contributed by atoms with Gasteiger partial charge in [0.1, 0.15) is 0 Å². The third kappa shape index (κ3) is 1.98. The van der Waals surface area contributed by atoms with E-state index in [0.717, 1.165) is 6.42 Å². The molecule has 0 fully saturated rings. The van der Waals surface area contributed by atoms with Gasteiger partial charge in [-0.15, -0.1) is 0 Å². The SMILES string of the molecule is CC1C=C(Br)c2ccccc2C=CC1. The van der Waals surface area contributed by atoms with Crippen LogP contribution < -0.4 is 0 Å². The smallest absolute Gasteiger partial charge is 0.0216 e. The molecule has 0 saturated heterocycles. The van der Waals surface area contributed by atoms with Crippen LogP contribution in [0.3, 0.4) is 0 Å². The normalized spacial score (nSPS) is 20.7. The number of hydrogen-bond acceptors (Lipinski definition) is 0. The summed E-state index contributed by atoms with van der Waals surface area (Å²) in [7, 11) is 0. The maximum Gasteiger partial charge on any atom is 0.0216 e. The monoisotopic (exact) mass is 248 g/mol. The molecule has 1 heteroatoms. The van der Waals surface area contributed by atoms with E-state index in [1.165, 1.54) is 15.6 Å². The van der Waals surface area contributed by atoms with Crippen molar-refractivity contribution in [1.29, 1.82) is 0 Å². The first-order valence-electron chi connectivity index (χ1n) is 4.90. The number of benzene rings is 1. The second kappa shape index (κ2) is 4.14. The lowest BCUT2D eigenvalue weighted by molar-refractivity contribution is 0.748. The Balaban J connectivity index is 2.53. The second-order valence-corrected chi connectivity index (χ2v) is 4.57. The van der Waals surface area contributed by atoms with Gasteiger partial charge in [-0.1, -0.05) is 65.3 Å². The first-order chi connectivity index (χ1) is 6.77. The number of rotatable bonds is 0. The highest BCUT2D eigenvalue weighted by Crippen LogP contribution is 2.29. The van der Waals surface area contributed by atoms with E-state index in [4.69, 9.17) is 0 Å². The van der Waals surface area contributed by atoms with Crippen molar-refractivity contribution in [3.63, 3.8) is 0 Å². The largest absolute Gasteiger partial charge is 0.0833 e. The Morgan fingerprint density at radius 2 is 2.07 bits per heavy atom. The molecule has 0 saturated carbocycles. The summed E-state index contributed by atoms with van der Waals surface area (Å²) in [5.41, 5.74) is 2.58. The lowest BCUT2D eigenvalue weighted by atomic mass is 9.98. The summed E-state index contributed by atoms with van der Waals surface area (Å²) in [6.45, 7) is 2.24. The van der Waals surface area contributed by atoms with Gasteiger partial charge in [-0.2, -0.15) is 0 Å². The second-order valence-electron chi connectivity index (χ2n) is 3.72. The molecule has 0 bridgehead atoms. The van der Waals surface area contributed by atoms with Crippen molar-refractivity contribution in [3.8, 4) is 0 Å². The van der Waals surface area contributed by atoms with E-state index in [1.54, 1.807) is 0 Å². The Morgan fingerprint density at radius 1 is 1.29 bits per heavy atom. The molecule has 0 aliphatic heterocycles. The van der Waals surface area contributed by atoms with Crippen molar-refractivity contribution < 1.29 is 0 Å². The summed E-state index contributed by atoms with van der Waals surface area (Å²) in [5.74, 6) is 0.606. The molecule has 1 aliphatic rings. The molecule has 2 rings (SSSR count). The minimum Gasteiger partial charge on any atom is -0.0833 e. The van der Waals surface area contributed by atoms with E-state index in [0.29, 0.717) is 5.92 Å². The van der Waals surface area contributed by atoms with Gasteiger partial charge in [0.05, 0.1) is 0 Å². The zero-order valence-electron chi connectivity index (χ0n) is 8.20. The van der Waals surface area contributed by atoms with Crippen LogP contribution in [0.5, 0.6) is 0 Å². The lowest BCUT2D eigenvalue weighted by Crippen LogP contribution is -1.92. The quantitative estimate of drug-likeness (QED) is 0.636. The predicted octanol–water partition coefficient (Wildman–Crippen LogP) is 4.48. The van der Waals surface area contributed by atoms with Crippen molar-refractivity contribution in [2.45, 2.75) is 13.3 Å². The van der Waals surface area contributed by atoms with Crippen LogP contribution >= 0.6 is 15.9 Å². The van der Waals surface area contributed by atoms with Gasteiger partial charge in [-0.25, -0.2) is 0 Å². The number of hydrogen-bond donors (Lipinski definition) is 0. The fourth-order valence-electron chi connectivity index (χ4n) is 1.68. The number of allylic oxidation sites excluding steroid dienone is 2. The third-order valence-corrected chi connectivity index (χ3v) is 3.15. The summed E-state index contributed by atoms with van der Waals surface area (Å²) < 4.78 is 1.21. The molecule has 1 aromatic rings. The standard InChI is InChI=1S/C13H13Br/c1-10-5-4-7-11-6-2-3-8-12(11)13(14)9-10/h2-4,6-10H,5H2,1H3. The topological polar surface area (TPSA) is 0 Å². The molecule has 0 amide bonds. The molecule has 1 aliphatic carbocycles. The highest BCUT2D eigenvalue weighted by molar-refractivity contribution is 9.15. The van der Waals surface area contributed by atoms with E-state index >= 15 is 0 Å². The van der Waals surface area contributed by atoms with Crippen LogP contribution in [0.1, 0.15) is 24.5 Å². The van der Waals surface area contributed by atoms with E-state index < -0.39 is 0 Å². The molecule has 0 N–H and O–H groups in total. The summed E-state index contributed by atoms with van der Waals surface area (Å²) in [4.78, 5) is 0. The van der Waals surface area contributed by atoms with Gasteiger partial charge in [0.2, 0.25) is 0 Å². The van der Waals surface area contributed by atoms with Crippen LogP contribution in [-0.4, -0.2) is 0 Å². The summed E-state index contributed by atoms with van der Waals surface area (Å²) >= 11 is 3.64. The first-order valence-corrected chi connectivity index (χ1v) is 5.70. The first kappa shape index (κ1) is 9.72. The molecular formula is C13H13Br. The van der Waals surface area contributed by atoms with Crippen molar-refractivity contribution >= 4 is 26.5 Å². The molecule has 72 valence electrons. The van der Waals surface area contributed by atoms with Gasteiger partial charge in [0, 0.05) is 4.48 Å². The van der Waals surface area contributed by atoms with Crippen molar-refractivity contribution in [2.75, 3.05) is 0 Å². The third-order valence-electron chi connectivity index (χ3n) is 2.45. The molecule has 0 spiro atoms. The molecule has 0 radical (unpaired) electrons. The highest BCUT2D eigenvalue weighted by atomic mass is 79.9. The highest BCUT2D eigenvalue weighted by Gasteiger charge is 2.06. The van der Waals surface area contributed by atoms with Crippen LogP contribution in [0.4, 0.5) is 0 Å². The average molecular weight is 249 g/mol. The number of halogens is 1. The van der Waals surface area contributed by atoms with Crippen molar-refractivity contribution in [1.82, 2.24) is 0 Å². The van der Waals surface area contributed by atoms with Crippen LogP contribution in [-0.2, 0) is 0 Å². The molecule has 1 atom stereocenters. The maximum atomic E-state index is 3.64. The molecule has 0 aromatic heterocycles. The lowest BCUT2D eigenvalue weighted by Gasteiger charge is -2.11. The van der Waals surface area contributed by atoms with Gasteiger partial charge < -0.3 is 0 Å². The Kier molecular flexibility index (Phi) is 2.87. The fourth-order valence-corrected chi connectivity index (χ4v) is 2.49. The van der Waals surface area contributed by atoms with E-state index in [-0.39, 0.29) is 0 Å². The average Bonchev–Trinajstić information content (AvgIpc) is 2.16. The molecule has 0 heterocycles.